The molecule has 0 aliphatic carbocycles. The van der Waals surface area contributed by atoms with E-state index in [1.54, 1.807) is 19.1 Å². The van der Waals surface area contributed by atoms with Gasteiger partial charge in [-0.15, -0.1) is 0 Å². The van der Waals surface area contributed by atoms with Gasteiger partial charge < -0.3 is 20.1 Å². The van der Waals surface area contributed by atoms with Crippen LogP contribution >= 0.6 is 23.5 Å². The predicted molar refractivity (Wildman–Crippen MR) is 111 cm³/mol. The molecule has 1 aliphatic heterocycles. The molecule has 0 fully saturated rings. The van der Waals surface area contributed by atoms with E-state index >= 15 is 0 Å². The highest BCUT2D eigenvalue weighted by molar-refractivity contribution is 7.98. The Kier molecular flexibility index (Phi) is 5.05. The molecule has 1 unspecified atom stereocenters. The van der Waals surface area contributed by atoms with Crippen LogP contribution in [0, 0.1) is 0 Å². The summed E-state index contributed by atoms with van der Waals surface area (Å²) in [6, 6.07) is 15.6. The molecule has 1 aliphatic rings. The van der Waals surface area contributed by atoms with Gasteiger partial charge in [-0.1, -0.05) is 11.6 Å². The van der Waals surface area contributed by atoms with Crippen molar-refractivity contribution in [2.24, 2.45) is 0 Å². The van der Waals surface area contributed by atoms with Crippen LogP contribution in [0.15, 0.2) is 48.5 Å². The SMILES string of the molecule is CCOc1ccc(-c2cc3n(n2)SC(Nc2ccc(OC)c(Cl)c2)N3)cc1. The minimum absolute atomic E-state index is 0.0358. The molecule has 1 atom stereocenters. The summed E-state index contributed by atoms with van der Waals surface area (Å²) in [7, 11) is 1.60. The average Bonchev–Trinajstić information content (AvgIpc) is 3.21. The van der Waals surface area contributed by atoms with E-state index in [9.17, 15) is 0 Å². The zero-order chi connectivity index (χ0) is 18.8. The highest BCUT2D eigenvalue weighted by atomic mass is 35.5. The molecule has 0 amide bonds. The van der Waals surface area contributed by atoms with E-state index in [0.717, 1.165) is 28.5 Å². The summed E-state index contributed by atoms with van der Waals surface area (Å²) in [5.74, 6) is 2.46. The summed E-state index contributed by atoms with van der Waals surface area (Å²) < 4.78 is 12.5. The number of benzene rings is 2. The number of nitrogens with one attached hydrogen (secondary N) is 2. The summed E-state index contributed by atoms with van der Waals surface area (Å²) in [6.07, 6.45) is 0. The van der Waals surface area contributed by atoms with Crippen molar-refractivity contribution in [3.8, 4) is 22.8 Å². The molecule has 2 heterocycles. The summed E-state index contributed by atoms with van der Waals surface area (Å²) in [5, 5.41) is 12.0. The van der Waals surface area contributed by atoms with Gasteiger partial charge in [0.25, 0.3) is 0 Å². The minimum Gasteiger partial charge on any atom is -0.495 e. The van der Waals surface area contributed by atoms with Gasteiger partial charge in [0.05, 0.1) is 24.4 Å². The lowest BCUT2D eigenvalue weighted by Crippen LogP contribution is -2.21. The lowest BCUT2D eigenvalue weighted by atomic mass is 10.1. The number of ether oxygens (including phenoxy) is 2. The van der Waals surface area contributed by atoms with Gasteiger partial charge in [-0.05, 0) is 49.4 Å². The quantitative estimate of drug-likeness (QED) is 0.609. The monoisotopic (exact) mass is 402 g/mol. The first kappa shape index (κ1) is 17.9. The molecular formula is C19H19ClN4O2S. The van der Waals surface area contributed by atoms with Crippen LogP contribution in [0.3, 0.4) is 0 Å². The number of aromatic nitrogens is 2. The fourth-order valence-corrected chi connectivity index (χ4v) is 3.98. The third kappa shape index (κ3) is 3.79. The smallest absolute Gasteiger partial charge is 0.168 e. The molecule has 0 saturated heterocycles. The van der Waals surface area contributed by atoms with Crippen LogP contribution in [0.25, 0.3) is 11.3 Å². The fourth-order valence-electron chi connectivity index (χ4n) is 2.80. The van der Waals surface area contributed by atoms with Crippen molar-refractivity contribution < 1.29 is 9.47 Å². The number of anilines is 2. The Bertz CT molecular complexity index is 922. The van der Waals surface area contributed by atoms with E-state index in [-0.39, 0.29) is 5.50 Å². The van der Waals surface area contributed by atoms with Crippen LogP contribution in [0.2, 0.25) is 5.02 Å². The van der Waals surface area contributed by atoms with E-state index in [4.69, 9.17) is 21.1 Å². The number of hydrogen-bond donors (Lipinski definition) is 2. The van der Waals surface area contributed by atoms with Gasteiger partial charge in [0, 0.05) is 29.3 Å². The molecule has 140 valence electrons. The molecule has 1 aromatic heterocycles. The molecule has 0 spiro atoms. The van der Waals surface area contributed by atoms with Gasteiger partial charge in [-0.2, -0.15) is 9.19 Å². The van der Waals surface area contributed by atoms with E-state index in [2.05, 4.69) is 15.7 Å². The second kappa shape index (κ2) is 7.62. The number of rotatable bonds is 6. The van der Waals surface area contributed by atoms with Crippen LogP contribution in [-0.4, -0.2) is 28.4 Å². The number of methoxy groups -OCH3 is 1. The predicted octanol–water partition coefficient (Wildman–Crippen LogP) is 4.93. The van der Waals surface area contributed by atoms with Crippen LogP contribution in [0.1, 0.15) is 6.92 Å². The number of nitrogens with zero attached hydrogens (tertiary/aromatic N) is 2. The maximum absolute atomic E-state index is 6.18. The van der Waals surface area contributed by atoms with Crippen molar-refractivity contribution in [1.82, 2.24) is 9.19 Å². The second-order valence-electron chi connectivity index (χ2n) is 5.87. The Morgan fingerprint density at radius 2 is 2.04 bits per heavy atom. The van der Waals surface area contributed by atoms with Crippen molar-refractivity contribution >= 4 is 35.1 Å². The van der Waals surface area contributed by atoms with Gasteiger partial charge in [-0.25, -0.2) is 0 Å². The van der Waals surface area contributed by atoms with Gasteiger partial charge in [0.15, 0.2) is 5.50 Å². The summed E-state index contributed by atoms with van der Waals surface area (Å²) in [5.41, 5.74) is 2.84. The third-order valence-corrected chi connectivity index (χ3v) is 5.29. The van der Waals surface area contributed by atoms with E-state index in [1.165, 1.54) is 0 Å². The van der Waals surface area contributed by atoms with Crippen LogP contribution in [-0.2, 0) is 0 Å². The van der Waals surface area contributed by atoms with Crippen LogP contribution < -0.4 is 20.1 Å². The standard InChI is InChI=1S/C19H19ClN4O2S/c1-3-26-14-7-4-12(5-8-14)16-11-18-22-19(27-24(18)23-16)21-13-6-9-17(25-2)15(20)10-13/h4-11,19,21-22H,3H2,1-2H3. The highest BCUT2D eigenvalue weighted by Crippen LogP contribution is 2.35. The molecule has 6 nitrogen and oxygen atoms in total. The Labute approximate surface area is 166 Å². The van der Waals surface area contributed by atoms with Gasteiger partial charge in [-0.3, -0.25) is 0 Å². The van der Waals surface area contributed by atoms with Crippen molar-refractivity contribution in [1.29, 1.82) is 0 Å². The molecule has 27 heavy (non-hydrogen) atoms. The average molecular weight is 403 g/mol. The maximum Gasteiger partial charge on any atom is 0.168 e. The highest BCUT2D eigenvalue weighted by Gasteiger charge is 2.24. The molecule has 3 aromatic rings. The summed E-state index contributed by atoms with van der Waals surface area (Å²) >= 11 is 7.74. The first-order valence-electron chi connectivity index (χ1n) is 8.53. The lowest BCUT2D eigenvalue weighted by Gasteiger charge is -2.14. The zero-order valence-corrected chi connectivity index (χ0v) is 16.5. The maximum atomic E-state index is 6.18. The van der Waals surface area contributed by atoms with Gasteiger partial charge in [0.2, 0.25) is 0 Å². The zero-order valence-electron chi connectivity index (χ0n) is 14.9. The van der Waals surface area contributed by atoms with E-state index in [1.807, 2.05) is 59.5 Å². The lowest BCUT2D eigenvalue weighted by molar-refractivity contribution is 0.340. The van der Waals surface area contributed by atoms with Crippen LogP contribution in [0.4, 0.5) is 11.5 Å². The molecule has 0 radical (unpaired) electrons. The second-order valence-corrected chi connectivity index (χ2v) is 7.30. The molecule has 2 aromatic carbocycles. The molecule has 2 N–H and O–H groups in total. The Balaban J connectivity index is 1.43. The fraction of sp³-hybridized carbons (Fsp3) is 0.211. The summed E-state index contributed by atoms with van der Waals surface area (Å²) in [4.78, 5) is 0. The van der Waals surface area contributed by atoms with Crippen molar-refractivity contribution in [2.45, 2.75) is 12.4 Å². The van der Waals surface area contributed by atoms with Gasteiger partial charge >= 0.3 is 0 Å². The van der Waals surface area contributed by atoms with E-state index < -0.39 is 0 Å². The normalized spacial score (nSPS) is 15.1. The number of halogens is 1. The van der Waals surface area contributed by atoms with Crippen LogP contribution in [0.5, 0.6) is 11.5 Å². The molecule has 4 rings (SSSR count). The Morgan fingerprint density at radius 3 is 2.70 bits per heavy atom. The van der Waals surface area contributed by atoms with Crippen molar-refractivity contribution in [3.05, 3.63) is 53.6 Å². The molecular weight excluding hydrogens is 384 g/mol. The van der Waals surface area contributed by atoms with Gasteiger partial charge in [0.1, 0.15) is 17.3 Å². The Morgan fingerprint density at radius 1 is 1.22 bits per heavy atom. The molecule has 0 bridgehead atoms. The molecule has 8 heteroatoms. The van der Waals surface area contributed by atoms with Crippen molar-refractivity contribution in [3.63, 3.8) is 0 Å². The Hall–Kier alpha value is -2.51. The number of hydrogen-bond acceptors (Lipinski definition) is 6. The summed E-state index contributed by atoms with van der Waals surface area (Å²) in [6.45, 7) is 2.63. The largest absolute Gasteiger partial charge is 0.495 e. The number of fused-ring (bicyclic) bond motifs is 1. The molecule has 0 saturated carbocycles. The minimum atomic E-state index is -0.0358. The topological polar surface area (TPSA) is 60.3 Å². The third-order valence-electron chi connectivity index (χ3n) is 4.07. The van der Waals surface area contributed by atoms with Crippen molar-refractivity contribution in [2.75, 3.05) is 24.4 Å². The first-order valence-corrected chi connectivity index (χ1v) is 9.75. The first-order chi connectivity index (χ1) is 13.2. The van der Waals surface area contributed by atoms with E-state index in [0.29, 0.717) is 17.4 Å².